The summed E-state index contributed by atoms with van der Waals surface area (Å²) < 4.78 is 81.8. The van der Waals surface area contributed by atoms with Crippen molar-refractivity contribution >= 4 is 23.2 Å². The molecular formula is C17H14ClF6N5O2. The molecule has 1 atom stereocenters. The Morgan fingerprint density at radius 3 is 2.35 bits per heavy atom. The first-order chi connectivity index (χ1) is 14.1. The van der Waals surface area contributed by atoms with Crippen LogP contribution in [0, 0.1) is 0 Å². The summed E-state index contributed by atoms with van der Waals surface area (Å²) in [6.45, 7) is 2.70. The van der Waals surface area contributed by atoms with Gasteiger partial charge in [0.05, 0.1) is 16.7 Å². The zero-order valence-corrected chi connectivity index (χ0v) is 16.5. The van der Waals surface area contributed by atoms with E-state index in [-0.39, 0.29) is 17.2 Å². The van der Waals surface area contributed by atoms with Crippen LogP contribution in [0.25, 0.3) is 5.78 Å². The topological polar surface area (TPSA) is 84.6 Å². The van der Waals surface area contributed by atoms with E-state index < -0.39 is 40.6 Å². The van der Waals surface area contributed by atoms with Gasteiger partial charge in [0.2, 0.25) is 0 Å². The minimum Gasteiger partial charge on any atom is -0.404 e. The van der Waals surface area contributed by atoms with E-state index in [2.05, 4.69) is 25.1 Å². The molecule has 14 heteroatoms. The monoisotopic (exact) mass is 469 g/mol. The van der Waals surface area contributed by atoms with E-state index in [1.165, 1.54) is 19.9 Å². The average molecular weight is 470 g/mol. The third-order valence-electron chi connectivity index (χ3n) is 4.06. The van der Waals surface area contributed by atoms with Gasteiger partial charge in [0.1, 0.15) is 17.9 Å². The number of rotatable bonds is 5. The van der Waals surface area contributed by atoms with E-state index in [1.54, 1.807) is 0 Å². The summed E-state index contributed by atoms with van der Waals surface area (Å²) in [5.41, 5.74) is -2.69. The van der Waals surface area contributed by atoms with Crippen LogP contribution in [-0.4, -0.2) is 36.7 Å². The van der Waals surface area contributed by atoms with Gasteiger partial charge in [-0.3, -0.25) is 0 Å². The number of hydrogen-bond acceptors (Lipinski definition) is 6. The van der Waals surface area contributed by atoms with Gasteiger partial charge in [-0.1, -0.05) is 17.7 Å². The van der Waals surface area contributed by atoms with E-state index in [9.17, 15) is 31.4 Å². The standard InChI is InChI=1S/C17H14ClF6N5O2/c1-15(2,30)13(8-3-4-10(9(18)5-8)31-17(22,23)24)28-12-6-11(16(19,20)21)27-14-25-7-26-29(12)14/h3-7,13,28,30H,1-2H3. The van der Waals surface area contributed by atoms with Gasteiger partial charge in [-0.2, -0.15) is 27.8 Å². The second kappa shape index (κ2) is 7.71. The van der Waals surface area contributed by atoms with Gasteiger partial charge < -0.3 is 15.2 Å². The molecule has 7 nitrogen and oxygen atoms in total. The highest BCUT2D eigenvalue weighted by Gasteiger charge is 2.36. The van der Waals surface area contributed by atoms with Crippen LogP contribution in [0.15, 0.2) is 30.6 Å². The number of aromatic nitrogens is 4. The number of fused-ring (bicyclic) bond motifs is 1. The van der Waals surface area contributed by atoms with E-state index in [0.717, 1.165) is 23.0 Å². The number of nitrogens with zero attached hydrogens (tertiary/aromatic N) is 4. The highest BCUT2D eigenvalue weighted by atomic mass is 35.5. The first kappa shape index (κ1) is 22.9. The van der Waals surface area contributed by atoms with E-state index >= 15 is 0 Å². The molecule has 1 aromatic carbocycles. The van der Waals surface area contributed by atoms with E-state index in [1.807, 2.05) is 0 Å². The Morgan fingerprint density at radius 1 is 1.13 bits per heavy atom. The zero-order valence-electron chi connectivity index (χ0n) is 15.8. The van der Waals surface area contributed by atoms with Crippen molar-refractivity contribution < 1.29 is 36.2 Å². The smallest absolute Gasteiger partial charge is 0.404 e. The Kier molecular flexibility index (Phi) is 5.69. The minimum absolute atomic E-state index is 0.172. The molecule has 2 N–H and O–H groups in total. The summed E-state index contributed by atoms with van der Waals surface area (Å²) in [4.78, 5) is 7.04. The largest absolute Gasteiger partial charge is 0.573 e. The molecule has 0 aliphatic rings. The van der Waals surface area contributed by atoms with Crippen molar-refractivity contribution in [3.63, 3.8) is 0 Å². The van der Waals surface area contributed by atoms with Crippen molar-refractivity contribution in [2.24, 2.45) is 0 Å². The summed E-state index contributed by atoms with van der Waals surface area (Å²) in [7, 11) is 0. The SMILES string of the molecule is CC(C)(O)C(Nc1cc(C(F)(F)F)nc2ncnn12)c1ccc(OC(F)(F)F)c(Cl)c1. The maximum atomic E-state index is 13.2. The maximum absolute atomic E-state index is 13.2. The molecule has 1 unspecified atom stereocenters. The Morgan fingerprint density at radius 2 is 1.81 bits per heavy atom. The lowest BCUT2D eigenvalue weighted by atomic mass is 9.91. The summed E-state index contributed by atoms with van der Waals surface area (Å²) >= 11 is 5.87. The number of anilines is 1. The number of nitrogens with one attached hydrogen (secondary N) is 1. The molecule has 0 spiro atoms. The van der Waals surface area contributed by atoms with Crippen LogP contribution in [0.5, 0.6) is 5.75 Å². The van der Waals surface area contributed by atoms with Gasteiger partial charge in [-0.05, 0) is 31.5 Å². The lowest BCUT2D eigenvalue weighted by Crippen LogP contribution is -2.35. The molecule has 0 amide bonds. The second-order valence-electron chi connectivity index (χ2n) is 6.96. The van der Waals surface area contributed by atoms with Gasteiger partial charge in [-0.25, -0.2) is 4.98 Å². The third kappa shape index (κ3) is 5.28. The predicted octanol–water partition coefficient (Wildman–Crippen LogP) is 4.62. The quantitative estimate of drug-likeness (QED) is 0.531. The Hall–Kier alpha value is -2.80. The van der Waals surface area contributed by atoms with Crippen LogP contribution in [-0.2, 0) is 6.18 Å². The molecule has 0 bridgehead atoms. The lowest BCUT2D eigenvalue weighted by molar-refractivity contribution is -0.274. The van der Waals surface area contributed by atoms with Crippen molar-refractivity contribution in [1.82, 2.24) is 19.6 Å². The van der Waals surface area contributed by atoms with E-state index in [0.29, 0.717) is 6.07 Å². The van der Waals surface area contributed by atoms with Gasteiger partial charge >= 0.3 is 12.5 Å². The van der Waals surface area contributed by atoms with E-state index in [4.69, 9.17) is 11.6 Å². The minimum atomic E-state index is -4.97. The number of aliphatic hydroxyl groups is 1. The molecule has 31 heavy (non-hydrogen) atoms. The first-order valence-corrected chi connectivity index (χ1v) is 8.85. The molecule has 3 aromatic rings. The molecule has 0 fully saturated rings. The van der Waals surface area contributed by atoms with Crippen LogP contribution < -0.4 is 10.1 Å². The highest BCUT2D eigenvalue weighted by Crippen LogP contribution is 2.37. The van der Waals surface area contributed by atoms with Gasteiger partial charge in [-0.15, -0.1) is 13.2 Å². The molecule has 0 aliphatic carbocycles. The predicted molar refractivity (Wildman–Crippen MR) is 96.6 cm³/mol. The highest BCUT2D eigenvalue weighted by molar-refractivity contribution is 6.32. The fourth-order valence-electron chi connectivity index (χ4n) is 2.78. The first-order valence-electron chi connectivity index (χ1n) is 8.47. The molecule has 0 radical (unpaired) electrons. The lowest BCUT2D eigenvalue weighted by Gasteiger charge is -2.32. The fourth-order valence-corrected chi connectivity index (χ4v) is 3.01. The van der Waals surface area contributed by atoms with Crippen LogP contribution >= 0.6 is 11.6 Å². The number of hydrogen-bond donors (Lipinski definition) is 2. The van der Waals surface area contributed by atoms with Crippen LogP contribution in [0.4, 0.5) is 32.2 Å². The fraction of sp³-hybridized carbons (Fsp3) is 0.353. The van der Waals surface area contributed by atoms with Crippen LogP contribution in [0.1, 0.15) is 31.1 Å². The maximum Gasteiger partial charge on any atom is 0.573 e. The number of ether oxygens (including phenoxy) is 1. The number of benzene rings is 1. The molecule has 0 saturated heterocycles. The van der Waals surface area contributed by atoms with Crippen LogP contribution in [0.2, 0.25) is 5.02 Å². The van der Waals surface area contributed by atoms with Crippen molar-refractivity contribution in [2.75, 3.05) is 5.32 Å². The summed E-state index contributed by atoms with van der Waals surface area (Å²) in [6, 6.07) is 2.77. The van der Waals surface area contributed by atoms with Crippen molar-refractivity contribution in [3.8, 4) is 5.75 Å². The van der Waals surface area contributed by atoms with Crippen molar-refractivity contribution in [2.45, 2.75) is 38.0 Å². The summed E-state index contributed by atoms with van der Waals surface area (Å²) in [5.74, 6) is -1.23. The number of alkyl halides is 6. The van der Waals surface area contributed by atoms with Gasteiger partial charge in [0.25, 0.3) is 5.78 Å². The summed E-state index contributed by atoms with van der Waals surface area (Å²) in [6.07, 6.45) is -8.76. The Labute approximate surface area is 175 Å². The second-order valence-corrected chi connectivity index (χ2v) is 7.37. The van der Waals surface area contributed by atoms with Crippen molar-refractivity contribution in [1.29, 1.82) is 0 Å². The molecule has 3 rings (SSSR count). The third-order valence-corrected chi connectivity index (χ3v) is 4.35. The Bertz CT molecular complexity index is 1090. The zero-order chi connectivity index (χ0) is 23.2. The summed E-state index contributed by atoms with van der Waals surface area (Å²) in [5, 5.41) is 16.7. The average Bonchev–Trinajstić information content (AvgIpc) is 3.07. The van der Waals surface area contributed by atoms with Crippen molar-refractivity contribution in [3.05, 3.63) is 46.9 Å². The molecule has 168 valence electrons. The molecule has 2 aromatic heterocycles. The normalized spacial score (nSPS) is 14.0. The van der Waals surface area contributed by atoms with Crippen LogP contribution in [0.3, 0.4) is 0 Å². The van der Waals surface area contributed by atoms with Gasteiger partial charge in [0, 0.05) is 6.07 Å². The van der Waals surface area contributed by atoms with Gasteiger partial charge in [0.15, 0.2) is 5.69 Å². The molecule has 2 heterocycles. The molecule has 0 saturated carbocycles. The number of halogens is 7. The molecule has 0 aliphatic heterocycles. The molecular weight excluding hydrogens is 456 g/mol. The Balaban J connectivity index is 2.05.